The molecule has 0 aliphatic carbocycles. The maximum absolute atomic E-state index is 13.1. The van der Waals surface area contributed by atoms with Crippen molar-refractivity contribution in [2.75, 3.05) is 23.8 Å². The second-order valence-corrected chi connectivity index (χ2v) is 11.0. The Balaban J connectivity index is 1.48. The fraction of sp³-hybridized carbons (Fsp3) is 0.474. The monoisotopic (exact) mass is 613 g/mol. The van der Waals surface area contributed by atoms with E-state index in [9.17, 15) is 24.3 Å². The lowest BCUT2D eigenvalue weighted by molar-refractivity contribution is -0.150. The second kappa shape index (κ2) is 12.6. The molecule has 21 heteroatoms. The number of anilines is 1. The van der Waals surface area contributed by atoms with Gasteiger partial charge in [0, 0.05) is 29.6 Å². The Morgan fingerprint density at radius 3 is 2.77 bits per heavy atom. The van der Waals surface area contributed by atoms with Crippen molar-refractivity contribution in [3.63, 3.8) is 0 Å². The average molecular weight is 614 g/mol. The molecular formula is C19H23N11O7S3. The number of tetrazole rings is 1. The summed E-state index contributed by atoms with van der Waals surface area (Å²) in [5.41, 5.74) is 11.0. The zero-order chi connectivity index (χ0) is 29.0. The Bertz CT molecular complexity index is 1380. The number of nitrogens with one attached hydrogen (secondary N) is 1. The number of thioether (sulfide) groups is 2. The van der Waals surface area contributed by atoms with Gasteiger partial charge in [0.1, 0.15) is 17.1 Å². The smallest absolute Gasteiger partial charge is 0.352 e. The van der Waals surface area contributed by atoms with E-state index in [0.29, 0.717) is 30.2 Å². The van der Waals surface area contributed by atoms with Crippen LogP contribution in [-0.4, -0.2) is 110 Å². The van der Waals surface area contributed by atoms with E-state index in [1.807, 2.05) is 0 Å². The third kappa shape index (κ3) is 6.16. The number of nitrogens with two attached hydrogens (primary N) is 2. The minimum absolute atomic E-state index is 0.0190. The summed E-state index contributed by atoms with van der Waals surface area (Å²) in [6.45, 7) is 2.17. The Hall–Kier alpha value is -3.82. The van der Waals surface area contributed by atoms with E-state index in [2.05, 4.69) is 35.4 Å². The van der Waals surface area contributed by atoms with Gasteiger partial charge in [0.05, 0.1) is 0 Å². The molecule has 4 rings (SSSR count). The number of rotatable bonds is 13. The van der Waals surface area contributed by atoms with E-state index in [1.165, 1.54) is 30.4 Å². The van der Waals surface area contributed by atoms with Crippen LogP contribution in [0.2, 0.25) is 0 Å². The summed E-state index contributed by atoms with van der Waals surface area (Å²) in [6, 6.07) is -1.09. The van der Waals surface area contributed by atoms with Gasteiger partial charge in [-0.25, -0.2) is 14.3 Å². The average Bonchev–Trinajstić information content (AvgIpc) is 3.56. The van der Waals surface area contributed by atoms with Crippen LogP contribution >= 0.6 is 35.1 Å². The van der Waals surface area contributed by atoms with Gasteiger partial charge in [0.2, 0.25) is 22.8 Å². The number of aryl methyl sites for hydroxylation is 1. The largest absolute Gasteiger partial charge is 0.478 e. The lowest BCUT2D eigenvalue weighted by Crippen LogP contribution is -2.71. The highest BCUT2D eigenvalue weighted by molar-refractivity contribution is 8.01. The summed E-state index contributed by atoms with van der Waals surface area (Å²) in [6.07, 6.45) is -0.726. The van der Waals surface area contributed by atoms with Crippen LogP contribution in [-0.2, 0) is 30.6 Å². The molecule has 0 bridgehead atoms. The van der Waals surface area contributed by atoms with E-state index in [4.69, 9.17) is 21.4 Å². The summed E-state index contributed by atoms with van der Waals surface area (Å²) in [7, 11) is 0. The molecule has 0 spiro atoms. The van der Waals surface area contributed by atoms with E-state index in [0.717, 1.165) is 16.4 Å². The van der Waals surface area contributed by atoms with E-state index in [-0.39, 0.29) is 28.2 Å². The number of hydrogen-bond acceptors (Lipinski definition) is 16. The van der Waals surface area contributed by atoms with Crippen LogP contribution in [0.1, 0.15) is 19.2 Å². The Morgan fingerprint density at radius 1 is 1.35 bits per heavy atom. The van der Waals surface area contributed by atoms with Crippen molar-refractivity contribution >= 4 is 69.7 Å². The van der Waals surface area contributed by atoms with Gasteiger partial charge in [-0.05, 0) is 35.9 Å². The highest BCUT2D eigenvalue weighted by Crippen LogP contribution is 2.41. The number of carboxylic acid groups (broad SMARTS) is 2. The molecule has 2 aliphatic rings. The predicted octanol–water partition coefficient (Wildman–Crippen LogP) is -1.82. The molecule has 1 fully saturated rings. The normalized spacial score (nSPS) is 19.6. The predicted molar refractivity (Wildman–Crippen MR) is 141 cm³/mol. The molecule has 0 saturated carbocycles. The topological polar surface area (TPSA) is 267 Å². The molecule has 2 unspecified atom stereocenters. The molecule has 214 valence electrons. The minimum atomic E-state index is -1.39. The number of nitrogen functional groups attached to an aromatic ring is 1. The molecule has 2 aromatic heterocycles. The number of aliphatic carboxylic acids is 2. The van der Waals surface area contributed by atoms with Gasteiger partial charge in [-0.15, -0.1) is 16.9 Å². The molecule has 4 heterocycles. The molecule has 3 atom stereocenters. The van der Waals surface area contributed by atoms with Crippen LogP contribution in [0.3, 0.4) is 0 Å². The van der Waals surface area contributed by atoms with Gasteiger partial charge in [-0.3, -0.25) is 14.5 Å². The molecule has 40 heavy (non-hydrogen) atoms. The molecule has 0 aromatic carbocycles. The number of amides is 2. The number of carbonyl (C=O) groups is 4. The summed E-state index contributed by atoms with van der Waals surface area (Å²) < 4.78 is 5.47. The molecule has 2 aliphatic heterocycles. The van der Waals surface area contributed by atoms with Gasteiger partial charge in [0.15, 0.2) is 5.13 Å². The van der Waals surface area contributed by atoms with Crippen molar-refractivity contribution < 1.29 is 34.2 Å². The number of hydrogen-bond donors (Lipinski definition) is 5. The van der Waals surface area contributed by atoms with Gasteiger partial charge >= 0.3 is 11.9 Å². The highest BCUT2D eigenvalue weighted by atomic mass is 32.2. The third-order valence-corrected chi connectivity index (χ3v) is 8.43. The Kier molecular flexibility index (Phi) is 9.17. The third-order valence-electron chi connectivity index (χ3n) is 5.50. The standard InChI is InChI=1S/C19H23N11O7S3/c1-7(16(33)34)37-25-9(12-23-18(21)40-26-12)13(31)22-10-14(32)30-11(17(35)36)8(5-38-15(10)30)6-39-19-24-27-28-29(19)4-2-3-20/h7,10,15H,2-6,20H2,1H3,(H,22,31)(H,33,34)(H,35,36)(H2,21,23,26)/t7?,10?,15-/m0/s1. The van der Waals surface area contributed by atoms with Crippen molar-refractivity contribution in [1.29, 1.82) is 0 Å². The van der Waals surface area contributed by atoms with Crippen LogP contribution in [0, 0.1) is 0 Å². The second-order valence-electron chi connectivity index (χ2n) is 8.22. The van der Waals surface area contributed by atoms with Crippen LogP contribution in [0.5, 0.6) is 0 Å². The molecule has 18 nitrogen and oxygen atoms in total. The van der Waals surface area contributed by atoms with Crippen LogP contribution in [0.15, 0.2) is 21.6 Å². The number of carboxylic acids is 2. The fourth-order valence-corrected chi connectivity index (χ4v) is 6.35. The first kappa shape index (κ1) is 29.2. The number of β-lactam (4-membered cyclic amide) rings is 1. The van der Waals surface area contributed by atoms with Crippen molar-refractivity contribution in [2.45, 2.75) is 42.6 Å². The van der Waals surface area contributed by atoms with Crippen molar-refractivity contribution in [3.05, 3.63) is 17.1 Å². The van der Waals surface area contributed by atoms with Crippen LogP contribution < -0.4 is 16.8 Å². The summed E-state index contributed by atoms with van der Waals surface area (Å²) in [5, 5.41) is 36.3. The Labute approximate surface area is 237 Å². The van der Waals surface area contributed by atoms with Gasteiger partial charge in [-0.1, -0.05) is 16.9 Å². The van der Waals surface area contributed by atoms with Crippen molar-refractivity contribution in [3.8, 4) is 0 Å². The molecule has 1 saturated heterocycles. The van der Waals surface area contributed by atoms with Crippen LogP contribution in [0.25, 0.3) is 0 Å². The molecule has 2 amide bonds. The van der Waals surface area contributed by atoms with Gasteiger partial charge in [0.25, 0.3) is 11.8 Å². The van der Waals surface area contributed by atoms with Crippen molar-refractivity contribution in [1.82, 2.24) is 39.8 Å². The SMILES string of the molecule is CC(ON=C(C(=O)NC1C(=O)N2C(C(=O)O)=C(CSc3nnnn3CCCN)CS[C@@H]12)c1nsc(N)n1)C(=O)O. The number of oxime groups is 1. The van der Waals surface area contributed by atoms with Crippen LogP contribution in [0.4, 0.5) is 5.13 Å². The highest BCUT2D eigenvalue weighted by Gasteiger charge is 2.54. The maximum atomic E-state index is 13.1. The first-order valence-electron chi connectivity index (χ1n) is 11.5. The molecule has 7 N–H and O–H groups in total. The molecule has 2 aromatic rings. The first-order chi connectivity index (χ1) is 19.1. The van der Waals surface area contributed by atoms with E-state index in [1.54, 1.807) is 4.68 Å². The summed E-state index contributed by atoms with van der Waals surface area (Å²) in [4.78, 5) is 59.2. The molecule has 0 radical (unpaired) electrons. The summed E-state index contributed by atoms with van der Waals surface area (Å²) >= 11 is 3.27. The minimum Gasteiger partial charge on any atom is -0.478 e. The Morgan fingerprint density at radius 2 is 2.12 bits per heavy atom. The molecular weight excluding hydrogens is 590 g/mol. The quantitative estimate of drug-likeness (QED) is 0.0720. The lowest BCUT2D eigenvalue weighted by atomic mass is 10.0. The van der Waals surface area contributed by atoms with E-state index < -0.39 is 47.0 Å². The summed E-state index contributed by atoms with van der Waals surface area (Å²) in [5.74, 6) is -3.93. The lowest BCUT2D eigenvalue weighted by Gasteiger charge is -2.49. The number of carbonyl (C=O) groups excluding carboxylic acids is 2. The van der Waals surface area contributed by atoms with E-state index >= 15 is 0 Å². The number of fused-ring (bicyclic) bond motifs is 1. The van der Waals surface area contributed by atoms with Gasteiger partial charge in [-0.2, -0.15) is 9.36 Å². The van der Waals surface area contributed by atoms with Gasteiger partial charge < -0.3 is 31.8 Å². The zero-order valence-corrected chi connectivity index (χ0v) is 23.1. The first-order valence-corrected chi connectivity index (χ1v) is 14.3. The zero-order valence-electron chi connectivity index (χ0n) is 20.7. The number of aromatic nitrogens is 6. The maximum Gasteiger partial charge on any atom is 0.352 e. The fourth-order valence-electron chi connectivity index (χ4n) is 3.53. The van der Waals surface area contributed by atoms with Crippen molar-refractivity contribution in [2.24, 2.45) is 10.9 Å². The number of nitrogens with zero attached hydrogens (tertiary/aromatic N) is 8.